The Balaban J connectivity index is 2.48. The molecule has 7 heteroatoms. The highest BCUT2D eigenvalue weighted by Gasteiger charge is 2.14. The number of ether oxygens (including phenoxy) is 2. The van der Waals surface area contributed by atoms with Crippen LogP contribution < -0.4 is 10.2 Å². The molecule has 0 bridgehead atoms. The number of halogens is 1. The first-order valence-corrected chi connectivity index (χ1v) is 6.55. The zero-order valence-corrected chi connectivity index (χ0v) is 12.3. The Morgan fingerprint density at radius 1 is 1.38 bits per heavy atom. The van der Waals surface area contributed by atoms with Gasteiger partial charge in [0.1, 0.15) is 5.75 Å². The van der Waals surface area contributed by atoms with E-state index in [4.69, 9.17) is 21.1 Å². The van der Waals surface area contributed by atoms with Gasteiger partial charge in [0.05, 0.1) is 24.4 Å². The van der Waals surface area contributed by atoms with Crippen LogP contribution >= 0.6 is 11.6 Å². The van der Waals surface area contributed by atoms with Gasteiger partial charge >= 0.3 is 5.97 Å². The third-order valence-corrected chi connectivity index (χ3v) is 2.99. The van der Waals surface area contributed by atoms with Gasteiger partial charge < -0.3 is 9.47 Å². The van der Waals surface area contributed by atoms with Crippen molar-refractivity contribution in [2.24, 2.45) is 0 Å². The standard InChI is InChI=1S/C14H13ClN2O4/c1-3-21-14(19)13-11(18)6-7-17(16-13)9-4-5-10(15)12(8-9)20-2/h4-8H,3H2,1-2H3. The molecule has 21 heavy (non-hydrogen) atoms. The maximum atomic E-state index is 11.7. The van der Waals surface area contributed by atoms with Gasteiger partial charge in [-0.25, -0.2) is 9.48 Å². The summed E-state index contributed by atoms with van der Waals surface area (Å²) in [5.74, 6) is -0.287. The van der Waals surface area contributed by atoms with Crippen LogP contribution in [0.3, 0.4) is 0 Å². The van der Waals surface area contributed by atoms with E-state index < -0.39 is 11.4 Å². The van der Waals surface area contributed by atoms with Crippen molar-refractivity contribution in [3.63, 3.8) is 0 Å². The minimum absolute atomic E-state index is 0.170. The third-order valence-electron chi connectivity index (χ3n) is 2.68. The van der Waals surface area contributed by atoms with Crippen LogP contribution in [0.25, 0.3) is 5.69 Å². The van der Waals surface area contributed by atoms with Crippen LogP contribution in [0.5, 0.6) is 5.75 Å². The monoisotopic (exact) mass is 308 g/mol. The second kappa shape index (κ2) is 6.41. The SMILES string of the molecule is CCOC(=O)c1nn(-c2ccc(Cl)c(OC)c2)ccc1=O. The molecule has 0 aliphatic heterocycles. The molecule has 1 heterocycles. The van der Waals surface area contributed by atoms with Crippen LogP contribution in [0.2, 0.25) is 5.02 Å². The Hall–Kier alpha value is -2.34. The number of nitrogens with zero attached hydrogens (tertiary/aromatic N) is 2. The number of esters is 1. The van der Waals surface area contributed by atoms with E-state index in [0.717, 1.165) is 0 Å². The molecule has 0 fully saturated rings. The summed E-state index contributed by atoms with van der Waals surface area (Å²) in [5.41, 5.74) is -0.166. The Labute approximate surface area is 125 Å². The molecule has 6 nitrogen and oxygen atoms in total. The fourth-order valence-electron chi connectivity index (χ4n) is 1.68. The van der Waals surface area contributed by atoms with E-state index in [0.29, 0.717) is 16.5 Å². The van der Waals surface area contributed by atoms with Crippen molar-refractivity contribution in [3.8, 4) is 11.4 Å². The highest BCUT2D eigenvalue weighted by atomic mass is 35.5. The first-order chi connectivity index (χ1) is 10.1. The number of carbonyl (C=O) groups excluding carboxylic acids is 1. The summed E-state index contributed by atoms with van der Waals surface area (Å²) < 4.78 is 11.3. The van der Waals surface area contributed by atoms with Crippen molar-refractivity contribution in [2.75, 3.05) is 13.7 Å². The maximum absolute atomic E-state index is 11.7. The van der Waals surface area contributed by atoms with Crippen LogP contribution in [0.4, 0.5) is 0 Å². The number of aromatic nitrogens is 2. The fraction of sp³-hybridized carbons (Fsp3) is 0.214. The Morgan fingerprint density at radius 3 is 2.81 bits per heavy atom. The quantitative estimate of drug-likeness (QED) is 0.809. The molecular formula is C14H13ClN2O4. The average molecular weight is 309 g/mol. The first kappa shape index (κ1) is 15.1. The second-order valence-corrected chi connectivity index (χ2v) is 4.42. The minimum Gasteiger partial charge on any atom is -0.495 e. The van der Waals surface area contributed by atoms with Crippen LogP contribution in [0.15, 0.2) is 35.3 Å². The summed E-state index contributed by atoms with van der Waals surface area (Å²) in [7, 11) is 1.49. The van der Waals surface area contributed by atoms with Crippen molar-refractivity contribution in [1.82, 2.24) is 9.78 Å². The minimum atomic E-state index is -0.752. The highest BCUT2D eigenvalue weighted by Crippen LogP contribution is 2.26. The smallest absolute Gasteiger partial charge is 0.362 e. The predicted molar refractivity (Wildman–Crippen MR) is 77.4 cm³/mol. The van der Waals surface area contributed by atoms with Crippen molar-refractivity contribution in [1.29, 1.82) is 0 Å². The number of carbonyl (C=O) groups is 1. The van der Waals surface area contributed by atoms with Crippen LogP contribution in [0.1, 0.15) is 17.4 Å². The number of methoxy groups -OCH3 is 1. The van der Waals surface area contributed by atoms with Crippen molar-refractivity contribution >= 4 is 17.6 Å². The molecule has 0 radical (unpaired) electrons. The maximum Gasteiger partial charge on any atom is 0.362 e. The molecule has 1 aromatic carbocycles. The lowest BCUT2D eigenvalue weighted by molar-refractivity contribution is 0.0515. The molecule has 0 saturated heterocycles. The van der Waals surface area contributed by atoms with Crippen LogP contribution in [-0.2, 0) is 4.74 Å². The van der Waals surface area contributed by atoms with Gasteiger partial charge in [-0.05, 0) is 19.1 Å². The molecule has 1 aromatic heterocycles. The van der Waals surface area contributed by atoms with E-state index >= 15 is 0 Å². The van der Waals surface area contributed by atoms with Crippen molar-refractivity contribution in [3.05, 3.63) is 51.4 Å². The Kier molecular flexibility index (Phi) is 4.59. The predicted octanol–water partition coefficient (Wildman–Crippen LogP) is 2.07. The first-order valence-electron chi connectivity index (χ1n) is 6.17. The molecule has 0 N–H and O–H groups in total. The molecule has 0 spiro atoms. The zero-order valence-electron chi connectivity index (χ0n) is 11.5. The van der Waals surface area contributed by atoms with Gasteiger partial charge in [-0.1, -0.05) is 11.6 Å². The van der Waals surface area contributed by atoms with E-state index in [-0.39, 0.29) is 12.3 Å². The van der Waals surface area contributed by atoms with Gasteiger partial charge in [0.25, 0.3) is 0 Å². The summed E-state index contributed by atoms with van der Waals surface area (Å²) in [4.78, 5) is 23.4. The van der Waals surface area contributed by atoms with Gasteiger partial charge in [-0.3, -0.25) is 4.79 Å². The number of hydrogen-bond acceptors (Lipinski definition) is 5. The van der Waals surface area contributed by atoms with E-state index in [1.54, 1.807) is 25.1 Å². The van der Waals surface area contributed by atoms with E-state index in [2.05, 4.69) is 5.10 Å². The molecule has 0 amide bonds. The van der Waals surface area contributed by atoms with Gasteiger partial charge in [0.2, 0.25) is 11.1 Å². The lowest BCUT2D eigenvalue weighted by atomic mass is 10.3. The van der Waals surface area contributed by atoms with Gasteiger partial charge in [-0.2, -0.15) is 5.10 Å². The molecule has 0 saturated carbocycles. The van der Waals surface area contributed by atoms with Gasteiger partial charge in [0, 0.05) is 18.3 Å². The summed E-state index contributed by atoms with van der Waals surface area (Å²) in [6.45, 7) is 1.83. The van der Waals surface area contributed by atoms with Crippen molar-refractivity contribution < 1.29 is 14.3 Å². The molecule has 2 aromatic rings. The lowest BCUT2D eigenvalue weighted by Gasteiger charge is -2.09. The molecular weight excluding hydrogens is 296 g/mol. The zero-order chi connectivity index (χ0) is 15.4. The Bertz CT molecular complexity index is 727. The largest absolute Gasteiger partial charge is 0.495 e. The molecule has 110 valence electrons. The molecule has 0 aliphatic rings. The summed E-state index contributed by atoms with van der Waals surface area (Å²) >= 11 is 5.95. The van der Waals surface area contributed by atoms with E-state index in [9.17, 15) is 9.59 Å². The molecule has 0 unspecified atom stereocenters. The normalized spacial score (nSPS) is 10.2. The van der Waals surface area contributed by atoms with E-state index in [1.165, 1.54) is 24.1 Å². The third kappa shape index (κ3) is 3.22. The fourth-order valence-corrected chi connectivity index (χ4v) is 1.88. The molecule has 2 rings (SSSR count). The van der Waals surface area contributed by atoms with Crippen LogP contribution in [-0.4, -0.2) is 29.5 Å². The highest BCUT2D eigenvalue weighted by molar-refractivity contribution is 6.32. The number of benzene rings is 1. The van der Waals surface area contributed by atoms with Gasteiger partial charge in [0.15, 0.2) is 0 Å². The Morgan fingerprint density at radius 2 is 2.14 bits per heavy atom. The van der Waals surface area contributed by atoms with Crippen LogP contribution in [0, 0.1) is 0 Å². The summed E-state index contributed by atoms with van der Waals surface area (Å²) in [5, 5.41) is 4.45. The topological polar surface area (TPSA) is 70.4 Å². The average Bonchev–Trinajstić information content (AvgIpc) is 2.48. The number of hydrogen-bond donors (Lipinski definition) is 0. The lowest BCUT2D eigenvalue weighted by Crippen LogP contribution is -2.22. The molecule has 0 aliphatic carbocycles. The summed E-state index contributed by atoms with van der Waals surface area (Å²) in [6.07, 6.45) is 1.45. The second-order valence-electron chi connectivity index (χ2n) is 4.01. The van der Waals surface area contributed by atoms with E-state index in [1.807, 2.05) is 0 Å². The molecule has 0 atom stereocenters. The van der Waals surface area contributed by atoms with Crippen molar-refractivity contribution in [2.45, 2.75) is 6.92 Å². The summed E-state index contributed by atoms with van der Waals surface area (Å²) in [6, 6.07) is 6.23. The van der Waals surface area contributed by atoms with Gasteiger partial charge in [-0.15, -0.1) is 0 Å². The number of rotatable bonds is 4.